The molecule has 0 aromatic heterocycles. The quantitative estimate of drug-likeness (QED) is 0.654. The highest BCUT2D eigenvalue weighted by Gasteiger charge is 2.32. The van der Waals surface area contributed by atoms with E-state index in [1.54, 1.807) is 6.92 Å². The van der Waals surface area contributed by atoms with Gasteiger partial charge in [-0.1, -0.05) is 20.4 Å². The Morgan fingerprint density at radius 3 is 2.75 bits per heavy atom. The Morgan fingerprint density at radius 1 is 1.55 bits per heavy atom. The van der Waals surface area contributed by atoms with Crippen LogP contribution in [0.1, 0.15) is 43.1 Å². The number of aromatic hydroxyl groups is 2. The molecule has 4 heteroatoms. The molecule has 0 spiro atoms. The second-order valence-corrected chi connectivity index (χ2v) is 5.43. The van der Waals surface area contributed by atoms with Crippen LogP contribution in [0.2, 0.25) is 0 Å². The van der Waals surface area contributed by atoms with Crippen molar-refractivity contribution >= 4 is 5.78 Å². The van der Waals surface area contributed by atoms with Crippen molar-refractivity contribution in [3.8, 4) is 17.2 Å². The molecule has 4 nitrogen and oxygen atoms in total. The first-order chi connectivity index (χ1) is 9.36. The van der Waals surface area contributed by atoms with E-state index in [4.69, 9.17) is 4.74 Å². The Bertz CT molecular complexity index is 574. The summed E-state index contributed by atoms with van der Waals surface area (Å²) in [5.74, 6) is -0.454. The Balaban J connectivity index is 2.47. The van der Waals surface area contributed by atoms with Gasteiger partial charge in [-0.3, -0.25) is 4.79 Å². The first-order valence-corrected chi connectivity index (χ1v) is 6.80. The average molecular weight is 276 g/mol. The standard InChI is InChI=1S/C16H20O4/c1-5-9(4)15(18)14-11(17)7-13-10(16(14)19)6-12(20-13)8(2)3/h7,9,12,17,19H,2,5-6H2,1,3-4H3. The summed E-state index contributed by atoms with van der Waals surface area (Å²) >= 11 is 0. The molecule has 0 bridgehead atoms. The number of fused-ring (bicyclic) bond motifs is 1. The number of hydrogen-bond acceptors (Lipinski definition) is 4. The van der Waals surface area contributed by atoms with Crippen LogP contribution in [-0.2, 0) is 6.42 Å². The summed E-state index contributed by atoms with van der Waals surface area (Å²) in [4.78, 5) is 12.3. The number of phenols is 2. The fraction of sp³-hybridized carbons (Fsp3) is 0.438. The summed E-state index contributed by atoms with van der Waals surface area (Å²) in [6.07, 6.45) is 0.904. The lowest BCUT2D eigenvalue weighted by Crippen LogP contribution is -2.13. The minimum atomic E-state index is -0.246. The average Bonchev–Trinajstić information content (AvgIpc) is 2.81. The van der Waals surface area contributed by atoms with E-state index in [0.717, 1.165) is 5.57 Å². The highest BCUT2D eigenvalue weighted by atomic mass is 16.5. The highest BCUT2D eigenvalue weighted by molar-refractivity contribution is 6.03. The minimum Gasteiger partial charge on any atom is -0.507 e. The SMILES string of the molecule is C=C(C)C1Cc2c(cc(O)c(C(=O)C(C)CC)c2O)O1. The van der Waals surface area contributed by atoms with E-state index in [1.165, 1.54) is 6.07 Å². The van der Waals surface area contributed by atoms with E-state index in [2.05, 4.69) is 6.58 Å². The fourth-order valence-electron chi connectivity index (χ4n) is 2.30. The predicted molar refractivity (Wildman–Crippen MR) is 76.5 cm³/mol. The van der Waals surface area contributed by atoms with Gasteiger partial charge in [0.2, 0.25) is 0 Å². The van der Waals surface area contributed by atoms with Gasteiger partial charge in [-0.25, -0.2) is 0 Å². The van der Waals surface area contributed by atoms with E-state index in [0.29, 0.717) is 24.2 Å². The van der Waals surface area contributed by atoms with Gasteiger partial charge in [-0.2, -0.15) is 0 Å². The molecule has 1 aromatic carbocycles. The predicted octanol–water partition coefficient (Wildman–Crippen LogP) is 3.21. The molecule has 1 aliphatic rings. The lowest BCUT2D eigenvalue weighted by Gasteiger charge is -2.13. The molecule has 0 amide bonds. The molecule has 1 heterocycles. The van der Waals surface area contributed by atoms with E-state index in [9.17, 15) is 15.0 Å². The van der Waals surface area contributed by atoms with Gasteiger partial charge in [0, 0.05) is 24.0 Å². The molecule has 2 rings (SSSR count). The molecule has 0 saturated carbocycles. The zero-order valence-electron chi connectivity index (χ0n) is 12.1. The number of phenolic OH excluding ortho intramolecular Hbond substituents is 2. The summed E-state index contributed by atoms with van der Waals surface area (Å²) in [5, 5.41) is 20.3. The lowest BCUT2D eigenvalue weighted by molar-refractivity contribution is 0.0921. The Hall–Kier alpha value is -1.97. The van der Waals surface area contributed by atoms with Crippen molar-refractivity contribution in [3.63, 3.8) is 0 Å². The maximum Gasteiger partial charge on any atom is 0.173 e. The number of hydrogen-bond donors (Lipinski definition) is 2. The summed E-state index contributed by atoms with van der Waals surface area (Å²) < 4.78 is 5.62. The monoisotopic (exact) mass is 276 g/mol. The molecule has 2 atom stereocenters. The van der Waals surface area contributed by atoms with Crippen molar-refractivity contribution in [1.29, 1.82) is 0 Å². The Kier molecular flexibility index (Phi) is 3.75. The van der Waals surface area contributed by atoms with Crippen LogP contribution in [0, 0.1) is 5.92 Å². The number of carbonyl (C=O) groups excluding carboxylic acids is 1. The smallest absolute Gasteiger partial charge is 0.173 e. The molecule has 1 aromatic rings. The number of benzene rings is 1. The molecule has 20 heavy (non-hydrogen) atoms. The van der Waals surface area contributed by atoms with Gasteiger partial charge < -0.3 is 14.9 Å². The largest absolute Gasteiger partial charge is 0.507 e. The van der Waals surface area contributed by atoms with Crippen molar-refractivity contribution in [2.45, 2.75) is 39.7 Å². The number of ether oxygens (including phenoxy) is 1. The van der Waals surface area contributed by atoms with E-state index in [-0.39, 0.29) is 34.9 Å². The van der Waals surface area contributed by atoms with E-state index >= 15 is 0 Å². The first kappa shape index (κ1) is 14.4. The van der Waals surface area contributed by atoms with Crippen molar-refractivity contribution in [2.24, 2.45) is 5.92 Å². The first-order valence-electron chi connectivity index (χ1n) is 6.80. The number of rotatable bonds is 4. The molecule has 2 N–H and O–H groups in total. The summed E-state index contributed by atoms with van der Waals surface area (Å²) in [5.41, 5.74) is 1.42. The van der Waals surface area contributed by atoms with Crippen LogP contribution in [0.4, 0.5) is 0 Å². The van der Waals surface area contributed by atoms with Gasteiger partial charge in [0.15, 0.2) is 5.78 Å². The van der Waals surface area contributed by atoms with Gasteiger partial charge in [0.1, 0.15) is 28.9 Å². The van der Waals surface area contributed by atoms with Crippen molar-refractivity contribution < 1.29 is 19.7 Å². The molecule has 2 unspecified atom stereocenters. The topological polar surface area (TPSA) is 66.8 Å². The summed E-state index contributed by atoms with van der Waals surface area (Å²) in [6.45, 7) is 9.35. The van der Waals surface area contributed by atoms with Crippen LogP contribution in [0.25, 0.3) is 0 Å². The second kappa shape index (κ2) is 5.19. The lowest BCUT2D eigenvalue weighted by atomic mass is 9.93. The van der Waals surface area contributed by atoms with Crippen LogP contribution < -0.4 is 4.74 Å². The minimum absolute atomic E-state index is 0.00376. The molecule has 108 valence electrons. The van der Waals surface area contributed by atoms with Crippen LogP contribution in [-0.4, -0.2) is 22.1 Å². The van der Waals surface area contributed by atoms with Crippen molar-refractivity contribution in [1.82, 2.24) is 0 Å². The van der Waals surface area contributed by atoms with Crippen LogP contribution in [0.15, 0.2) is 18.2 Å². The summed E-state index contributed by atoms with van der Waals surface area (Å²) in [6, 6.07) is 1.41. The van der Waals surface area contributed by atoms with Crippen LogP contribution >= 0.6 is 0 Å². The molecule has 0 radical (unpaired) electrons. The van der Waals surface area contributed by atoms with Gasteiger partial charge in [0.05, 0.1) is 0 Å². The third-order valence-electron chi connectivity index (χ3n) is 3.86. The van der Waals surface area contributed by atoms with Gasteiger partial charge in [-0.05, 0) is 18.9 Å². The Labute approximate surface area is 118 Å². The zero-order chi connectivity index (χ0) is 15.0. The van der Waals surface area contributed by atoms with Crippen LogP contribution in [0.3, 0.4) is 0 Å². The number of Topliss-reactive ketones (excluding diaryl/α,β-unsaturated/α-hetero) is 1. The van der Waals surface area contributed by atoms with Gasteiger partial charge in [0.25, 0.3) is 0 Å². The highest BCUT2D eigenvalue weighted by Crippen LogP contribution is 2.44. The maximum absolute atomic E-state index is 12.3. The van der Waals surface area contributed by atoms with Crippen LogP contribution in [0.5, 0.6) is 17.2 Å². The fourth-order valence-corrected chi connectivity index (χ4v) is 2.30. The zero-order valence-corrected chi connectivity index (χ0v) is 12.1. The summed E-state index contributed by atoms with van der Waals surface area (Å²) in [7, 11) is 0. The molecule has 1 aliphatic heterocycles. The van der Waals surface area contributed by atoms with Crippen molar-refractivity contribution in [3.05, 3.63) is 29.3 Å². The third-order valence-corrected chi connectivity index (χ3v) is 3.86. The van der Waals surface area contributed by atoms with Crippen molar-refractivity contribution in [2.75, 3.05) is 0 Å². The number of ketones is 1. The molecule has 0 aliphatic carbocycles. The van der Waals surface area contributed by atoms with Gasteiger partial charge >= 0.3 is 0 Å². The number of carbonyl (C=O) groups is 1. The molecular formula is C16H20O4. The molecule has 0 saturated heterocycles. The normalized spacial score (nSPS) is 18.2. The second-order valence-electron chi connectivity index (χ2n) is 5.43. The van der Waals surface area contributed by atoms with E-state index < -0.39 is 0 Å². The third kappa shape index (κ3) is 2.26. The molecular weight excluding hydrogens is 256 g/mol. The maximum atomic E-state index is 12.3. The van der Waals surface area contributed by atoms with E-state index in [1.807, 2.05) is 13.8 Å². The molecule has 0 fully saturated rings. The Morgan fingerprint density at radius 2 is 2.20 bits per heavy atom. The van der Waals surface area contributed by atoms with Gasteiger partial charge in [-0.15, -0.1) is 0 Å².